The predicted molar refractivity (Wildman–Crippen MR) is 171 cm³/mol. The normalized spacial score (nSPS) is 12.8. The second-order valence-corrected chi connectivity index (χ2v) is 10.3. The van der Waals surface area contributed by atoms with E-state index in [2.05, 4.69) is 79.9 Å². The molecular weight excluding hydrogens is 514 g/mol. The zero-order chi connectivity index (χ0) is 30.2. The molecule has 232 valence electrons. The molecule has 1 unspecified atom stereocenters. The molecule has 0 heterocycles. The van der Waals surface area contributed by atoms with Crippen LogP contribution in [-0.4, -0.2) is 35.6 Å². The molecule has 41 heavy (non-hydrogen) atoms. The number of hydrogen-bond donors (Lipinski definition) is 2. The highest BCUT2D eigenvalue weighted by atomic mass is 16.5. The monoisotopic (exact) mass is 571 g/mol. The fourth-order valence-electron chi connectivity index (χ4n) is 4.14. The molecule has 0 saturated carbocycles. The summed E-state index contributed by atoms with van der Waals surface area (Å²) in [5.41, 5.74) is 0. The maximum absolute atomic E-state index is 12.4. The molecular formula is C35H57NO5. The van der Waals surface area contributed by atoms with E-state index in [1.165, 1.54) is 12.8 Å². The summed E-state index contributed by atoms with van der Waals surface area (Å²) in [5, 5.41) is 11.0. The number of esters is 1. The lowest BCUT2D eigenvalue weighted by molar-refractivity contribution is -0.150. The third-order valence-electron chi connectivity index (χ3n) is 6.45. The minimum Gasteiger partial charge on any atom is -0.480 e. The molecule has 0 aliphatic heterocycles. The van der Waals surface area contributed by atoms with E-state index in [4.69, 9.17) is 9.84 Å². The van der Waals surface area contributed by atoms with Gasteiger partial charge in [0.2, 0.25) is 5.91 Å². The van der Waals surface area contributed by atoms with Crippen molar-refractivity contribution < 1.29 is 24.2 Å². The highest BCUT2D eigenvalue weighted by molar-refractivity contribution is 5.80. The Morgan fingerprint density at radius 3 is 1.73 bits per heavy atom. The summed E-state index contributed by atoms with van der Waals surface area (Å²) >= 11 is 0. The molecule has 2 N–H and O–H groups in total. The van der Waals surface area contributed by atoms with Crippen molar-refractivity contribution in [3.63, 3.8) is 0 Å². The van der Waals surface area contributed by atoms with Crippen LogP contribution in [0.1, 0.15) is 129 Å². The maximum Gasteiger partial charge on any atom is 0.322 e. The van der Waals surface area contributed by atoms with E-state index in [1.807, 2.05) is 0 Å². The van der Waals surface area contributed by atoms with E-state index in [1.54, 1.807) is 0 Å². The Hall–Kier alpha value is -2.89. The van der Waals surface area contributed by atoms with Gasteiger partial charge in [-0.2, -0.15) is 0 Å². The van der Waals surface area contributed by atoms with Gasteiger partial charge in [-0.25, -0.2) is 0 Å². The first-order valence-corrected chi connectivity index (χ1v) is 15.9. The van der Waals surface area contributed by atoms with E-state index < -0.39 is 5.97 Å². The Morgan fingerprint density at radius 2 is 1.20 bits per heavy atom. The molecule has 0 bridgehead atoms. The van der Waals surface area contributed by atoms with E-state index in [9.17, 15) is 14.4 Å². The Labute approximate surface area is 250 Å². The highest BCUT2D eigenvalue weighted by Gasteiger charge is 2.14. The second kappa shape index (κ2) is 30.1. The summed E-state index contributed by atoms with van der Waals surface area (Å²) in [4.78, 5) is 34.6. The Morgan fingerprint density at radius 1 is 0.659 bits per heavy atom. The quantitative estimate of drug-likeness (QED) is 0.0583. The van der Waals surface area contributed by atoms with Crippen molar-refractivity contribution >= 4 is 17.8 Å². The summed E-state index contributed by atoms with van der Waals surface area (Å²) in [5.74, 6) is -1.39. The molecule has 0 aromatic heterocycles. The second-order valence-electron chi connectivity index (χ2n) is 10.3. The molecule has 6 nitrogen and oxygen atoms in total. The van der Waals surface area contributed by atoms with Gasteiger partial charge in [0.05, 0.1) is 0 Å². The molecule has 0 aromatic rings. The standard InChI is InChI=1S/C35H57NO5/c1-3-5-7-9-10-11-12-13-14-15-16-17-18-19-20-21-26-30-35(40)41-32(27-23-8-6-4-2)28-24-22-25-29-33(37)36-31-34(38)39/h5,7,10-11,13-14,16-17,19-20,32H,3-4,6,8-9,12,15,18,21-31H2,1-2H3,(H,36,37)(H,38,39)/b7-5-,11-10-,14-13-,17-16-,20-19-. The number of aliphatic carboxylic acids is 1. The van der Waals surface area contributed by atoms with Crippen LogP contribution in [0.4, 0.5) is 0 Å². The SMILES string of the molecule is CC/C=C\C/C=C\C/C=C\C/C=C\C/C=C\CCCC(=O)OC(CCCCCC)CCCCCC(=O)NCC(=O)O. The van der Waals surface area contributed by atoms with Gasteiger partial charge in [0.1, 0.15) is 12.6 Å². The summed E-state index contributed by atoms with van der Waals surface area (Å²) in [6.45, 7) is 3.99. The first-order valence-electron chi connectivity index (χ1n) is 15.9. The first kappa shape index (κ1) is 38.1. The molecule has 0 fully saturated rings. The van der Waals surface area contributed by atoms with Gasteiger partial charge in [-0.1, -0.05) is 100 Å². The van der Waals surface area contributed by atoms with E-state index in [-0.39, 0.29) is 24.5 Å². The van der Waals surface area contributed by atoms with Crippen LogP contribution < -0.4 is 5.32 Å². The molecule has 0 spiro atoms. The molecule has 6 heteroatoms. The van der Waals surface area contributed by atoms with E-state index >= 15 is 0 Å². The molecule has 1 atom stereocenters. The summed E-state index contributed by atoms with van der Waals surface area (Å²) < 4.78 is 5.82. The highest BCUT2D eigenvalue weighted by Crippen LogP contribution is 2.17. The Bertz CT molecular complexity index is 809. The summed E-state index contributed by atoms with van der Waals surface area (Å²) in [7, 11) is 0. The van der Waals surface area contributed by atoms with Gasteiger partial charge in [-0.05, 0) is 77.0 Å². The smallest absolute Gasteiger partial charge is 0.322 e. The molecule has 0 saturated heterocycles. The number of nitrogens with one attached hydrogen (secondary N) is 1. The van der Waals surface area contributed by atoms with Crippen LogP contribution in [0.15, 0.2) is 60.8 Å². The zero-order valence-corrected chi connectivity index (χ0v) is 25.9. The number of carboxylic acids is 1. The summed E-state index contributed by atoms with van der Waals surface area (Å²) in [6.07, 6.45) is 37.8. The van der Waals surface area contributed by atoms with Gasteiger partial charge in [0, 0.05) is 12.8 Å². The molecule has 1 amide bonds. The lowest BCUT2D eigenvalue weighted by Gasteiger charge is -2.18. The van der Waals surface area contributed by atoms with Crippen LogP contribution in [0.25, 0.3) is 0 Å². The van der Waals surface area contributed by atoms with Crippen molar-refractivity contribution in [2.45, 2.75) is 136 Å². The molecule has 0 aliphatic carbocycles. The van der Waals surface area contributed by atoms with Gasteiger partial charge in [-0.3, -0.25) is 14.4 Å². The largest absolute Gasteiger partial charge is 0.480 e. The number of carbonyl (C=O) groups is 3. The molecule has 0 aliphatic rings. The Balaban J connectivity index is 4.08. The third kappa shape index (κ3) is 29.9. The van der Waals surface area contributed by atoms with Crippen molar-refractivity contribution in [2.75, 3.05) is 6.54 Å². The number of rotatable bonds is 27. The number of unbranched alkanes of at least 4 members (excludes halogenated alkanes) is 6. The fourth-order valence-corrected chi connectivity index (χ4v) is 4.14. The number of hydrogen-bond acceptors (Lipinski definition) is 4. The molecule has 0 aromatic carbocycles. The summed E-state index contributed by atoms with van der Waals surface area (Å²) in [6, 6.07) is 0. The van der Waals surface area contributed by atoms with Crippen molar-refractivity contribution in [1.29, 1.82) is 0 Å². The van der Waals surface area contributed by atoms with Crippen LogP contribution in [-0.2, 0) is 19.1 Å². The van der Waals surface area contributed by atoms with Crippen LogP contribution in [0, 0.1) is 0 Å². The molecule has 0 radical (unpaired) electrons. The average Bonchev–Trinajstić information content (AvgIpc) is 2.95. The van der Waals surface area contributed by atoms with Crippen molar-refractivity contribution in [3.8, 4) is 0 Å². The number of carbonyl (C=O) groups excluding carboxylic acids is 2. The topological polar surface area (TPSA) is 92.7 Å². The van der Waals surface area contributed by atoms with Gasteiger partial charge in [0.15, 0.2) is 0 Å². The lowest BCUT2D eigenvalue weighted by Crippen LogP contribution is -2.28. The van der Waals surface area contributed by atoms with Crippen molar-refractivity contribution in [2.24, 2.45) is 0 Å². The van der Waals surface area contributed by atoms with Gasteiger partial charge >= 0.3 is 11.9 Å². The average molecular weight is 572 g/mol. The predicted octanol–water partition coefficient (Wildman–Crippen LogP) is 8.94. The van der Waals surface area contributed by atoms with Gasteiger partial charge in [0.25, 0.3) is 0 Å². The maximum atomic E-state index is 12.4. The van der Waals surface area contributed by atoms with Crippen molar-refractivity contribution in [1.82, 2.24) is 5.32 Å². The number of carboxylic acid groups (broad SMARTS) is 1. The first-order chi connectivity index (χ1) is 20.0. The Kier molecular flexibility index (Phi) is 28.0. The minimum absolute atomic E-state index is 0.0612. The number of ether oxygens (including phenoxy) is 1. The van der Waals surface area contributed by atoms with E-state index in [0.717, 1.165) is 83.5 Å². The van der Waals surface area contributed by atoms with Crippen LogP contribution >= 0.6 is 0 Å². The third-order valence-corrected chi connectivity index (χ3v) is 6.45. The van der Waals surface area contributed by atoms with Crippen LogP contribution in [0.2, 0.25) is 0 Å². The zero-order valence-electron chi connectivity index (χ0n) is 25.9. The van der Waals surface area contributed by atoms with Crippen LogP contribution in [0.3, 0.4) is 0 Å². The lowest BCUT2D eigenvalue weighted by atomic mass is 10.0. The number of amides is 1. The number of allylic oxidation sites excluding steroid dienone is 10. The molecule has 0 rings (SSSR count). The minimum atomic E-state index is -1.04. The fraction of sp³-hybridized carbons (Fsp3) is 0.629. The van der Waals surface area contributed by atoms with Crippen molar-refractivity contribution in [3.05, 3.63) is 60.8 Å². The van der Waals surface area contributed by atoms with Gasteiger partial charge < -0.3 is 15.2 Å². The van der Waals surface area contributed by atoms with Gasteiger partial charge in [-0.15, -0.1) is 0 Å². The van der Waals surface area contributed by atoms with Crippen LogP contribution in [0.5, 0.6) is 0 Å². The van der Waals surface area contributed by atoms with E-state index in [0.29, 0.717) is 19.3 Å².